The molecule has 1 saturated carbocycles. The zero-order valence-corrected chi connectivity index (χ0v) is 11.2. The predicted molar refractivity (Wildman–Crippen MR) is 74.9 cm³/mol. The second-order valence-electron chi connectivity index (χ2n) is 5.37. The average Bonchev–Trinajstić information content (AvgIpc) is 2.47. The average molecular weight is 257 g/mol. The summed E-state index contributed by atoms with van der Waals surface area (Å²) in [6.45, 7) is 0. The topological polar surface area (TPSA) is 42.4 Å². The Labute approximate surface area is 113 Å². The summed E-state index contributed by atoms with van der Waals surface area (Å²) >= 11 is 0. The maximum Gasteiger partial charge on any atom is 0.0904 e. The highest BCUT2D eigenvalue weighted by Gasteiger charge is 2.35. The van der Waals surface area contributed by atoms with Gasteiger partial charge in [0.05, 0.1) is 11.7 Å². The van der Waals surface area contributed by atoms with E-state index in [1.807, 2.05) is 30.5 Å². The molecule has 0 amide bonds. The number of nitrogens with zero attached hydrogens (tertiary/aromatic N) is 1. The Morgan fingerprint density at radius 2 is 2.05 bits per heavy atom. The summed E-state index contributed by atoms with van der Waals surface area (Å²) in [7, 11) is 1.75. The molecule has 0 unspecified atom stereocenters. The highest BCUT2D eigenvalue weighted by atomic mass is 16.5. The van der Waals surface area contributed by atoms with E-state index in [4.69, 9.17) is 4.74 Å². The van der Waals surface area contributed by atoms with Crippen molar-refractivity contribution in [1.82, 2.24) is 4.98 Å². The first-order valence-electron chi connectivity index (χ1n) is 6.81. The molecule has 100 valence electrons. The van der Waals surface area contributed by atoms with Crippen LogP contribution < -0.4 is 0 Å². The third kappa shape index (κ3) is 2.24. The summed E-state index contributed by atoms with van der Waals surface area (Å²) in [5, 5.41) is 13.2. The van der Waals surface area contributed by atoms with Gasteiger partial charge in [-0.15, -0.1) is 0 Å². The van der Waals surface area contributed by atoms with E-state index in [9.17, 15) is 5.11 Å². The molecule has 2 aromatic rings. The highest BCUT2D eigenvalue weighted by molar-refractivity contribution is 5.85. The molecule has 0 aliphatic heterocycles. The van der Waals surface area contributed by atoms with Crippen molar-refractivity contribution in [2.45, 2.75) is 37.4 Å². The minimum atomic E-state index is -0.726. The quantitative estimate of drug-likeness (QED) is 0.899. The van der Waals surface area contributed by atoms with E-state index in [-0.39, 0.29) is 6.10 Å². The van der Waals surface area contributed by atoms with Crippen LogP contribution in [0.2, 0.25) is 0 Å². The molecule has 3 heteroatoms. The summed E-state index contributed by atoms with van der Waals surface area (Å²) in [5.41, 5.74) is 0.303. The van der Waals surface area contributed by atoms with Gasteiger partial charge in [0.15, 0.2) is 0 Å². The normalized spacial score (nSPS) is 27.6. The Morgan fingerprint density at radius 3 is 2.79 bits per heavy atom. The number of methoxy groups -OCH3 is 1. The van der Waals surface area contributed by atoms with E-state index in [1.165, 1.54) is 0 Å². The van der Waals surface area contributed by atoms with Crippen LogP contribution in [-0.4, -0.2) is 23.3 Å². The molecule has 0 spiro atoms. The third-order valence-corrected chi connectivity index (χ3v) is 4.28. The number of pyridine rings is 1. The van der Waals surface area contributed by atoms with E-state index in [0.717, 1.165) is 42.0 Å². The van der Waals surface area contributed by atoms with Crippen molar-refractivity contribution in [3.8, 4) is 0 Å². The molecule has 0 radical (unpaired) electrons. The van der Waals surface area contributed by atoms with Gasteiger partial charge in [-0.2, -0.15) is 0 Å². The third-order valence-electron chi connectivity index (χ3n) is 4.28. The standard InChI is InChI=1S/C16H19NO2/c1-19-13-5-8-16(18,9-6-13)15-4-2-3-12-11-17-10-7-14(12)15/h2-4,7,10-11,13,18H,5-6,8-9H2,1H3. The highest BCUT2D eigenvalue weighted by Crippen LogP contribution is 2.40. The van der Waals surface area contributed by atoms with Crippen LogP contribution in [0.25, 0.3) is 10.8 Å². The lowest BCUT2D eigenvalue weighted by Gasteiger charge is -2.36. The Hall–Kier alpha value is -1.45. The van der Waals surface area contributed by atoms with Crippen molar-refractivity contribution < 1.29 is 9.84 Å². The number of aliphatic hydroxyl groups is 1. The summed E-state index contributed by atoms with van der Waals surface area (Å²) in [6, 6.07) is 8.07. The minimum Gasteiger partial charge on any atom is -0.385 e. The van der Waals surface area contributed by atoms with Crippen LogP contribution in [-0.2, 0) is 10.3 Å². The van der Waals surface area contributed by atoms with E-state index in [0.29, 0.717) is 0 Å². The van der Waals surface area contributed by atoms with Gasteiger partial charge in [0.2, 0.25) is 0 Å². The molecular formula is C16H19NO2. The first kappa shape index (κ1) is 12.6. The Balaban J connectivity index is 2.00. The SMILES string of the molecule is COC1CCC(O)(c2cccc3cnccc23)CC1. The summed E-state index contributed by atoms with van der Waals surface area (Å²) in [5.74, 6) is 0. The number of aromatic nitrogens is 1. The summed E-state index contributed by atoms with van der Waals surface area (Å²) in [6.07, 6.45) is 7.26. The van der Waals surface area contributed by atoms with Crippen molar-refractivity contribution in [2.24, 2.45) is 0 Å². The molecule has 1 heterocycles. The molecule has 1 aliphatic rings. The van der Waals surface area contributed by atoms with Gasteiger partial charge >= 0.3 is 0 Å². The van der Waals surface area contributed by atoms with Crippen LogP contribution in [0, 0.1) is 0 Å². The van der Waals surface area contributed by atoms with Crippen molar-refractivity contribution in [1.29, 1.82) is 0 Å². The van der Waals surface area contributed by atoms with E-state index >= 15 is 0 Å². The summed E-state index contributed by atoms with van der Waals surface area (Å²) < 4.78 is 5.39. The van der Waals surface area contributed by atoms with Crippen LogP contribution in [0.5, 0.6) is 0 Å². The van der Waals surface area contributed by atoms with Crippen LogP contribution in [0.1, 0.15) is 31.2 Å². The molecule has 1 aliphatic carbocycles. The number of rotatable bonds is 2. The molecule has 1 aromatic heterocycles. The van der Waals surface area contributed by atoms with Crippen molar-refractivity contribution in [3.05, 3.63) is 42.2 Å². The van der Waals surface area contributed by atoms with E-state index in [2.05, 4.69) is 4.98 Å². The largest absolute Gasteiger partial charge is 0.385 e. The van der Waals surface area contributed by atoms with E-state index in [1.54, 1.807) is 13.3 Å². The maximum atomic E-state index is 11.0. The zero-order valence-electron chi connectivity index (χ0n) is 11.2. The fourth-order valence-corrected chi connectivity index (χ4v) is 3.10. The van der Waals surface area contributed by atoms with Gasteiger partial charge in [-0.25, -0.2) is 0 Å². The Bertz CT molecular complexity index is 568. The first-order chi connectivity index (χ1) is 9.23. The molecular weight excluding hydrogens is 238 g/mol. The van der Waals surface area contributed by atoms with Gasteiger partial charge in [0.25, 0.3) is 0 Å². The van der Waals surface area contributed by atoms with Gasteiger partial charge in [-0.3, -0.25) is 4.98 Å². The molecule has 0 atom stereocenters. The van der Waals surface area contributed by atoms with Crippen LogP contribution >= 0.6 is 0 Å². The first-order valence-corrected chi connectivity index (χ1v) is 6.81. The fourth-order valence-electron chi connectivity index (χ4n) is 3.10. The van der Waals surface area contributed by atoms with Crippen molar-refractivity contribution >= 4 is 10.8 Å². The molecule has 19 heavy (non-hydrogen) atoms. The van der Waals surface area contributed by atoms with Crippen LogP contribution in [0.15, 0.2) is 36.7 Å². The number of benzene rings is 1. The lowest BCUT2D eigenvalue weighted by molar-refractivity contribution is -0.0465. The van der Waals surface area contributed by atoms with Gasteiger partial charge < -0.3 is 9.84 Å². The Morgan fingerprint density at radius 1 is 1.26 bits per heavy atom. The van der Waals surface area contributed by atoms with Crippen molar-refractivity contribution in [2.75, 3.05) is 7.11 Å². The molecule has 0 saturated heterocycles. The molecule has 3 nitrogen and oxygen atoms in total. The fraction of sp³-hybridized carbons (Fsp3) is 0.438. The number of ether oxygens (including phenoxy) is 1. The second kappa shape index (κ2) is 4.91. The van der Waals surface area contributed by atoms with Crippen molar-refractivity contribution in [3.63, 3.8) is 0 Å². The van der Waals surface area contributed by atoms with E-state index < -0.39 is 5.60 Å². The smallest absolute Gasteiger partial charge is 0.0904 e. The monoisotopic (exact) mass is 257 g/mol. The second-order valence-corrected chi connectivity index (χ2v) is 5.37. The lowest BCUT2D eigenvalue weighted by atomic mass is 9.77. The summed E-state index contributed by atoms with van der Waals surface area (Å²) in [4.78, 5) is 4.15. The lowest BCUT2D eigenvalue weighted by Crippen LogP contribution is -2.34. The van der Waals surface area contributed by atoms with Gasteiger partial charge in [0.1, 0.15) is 0 Å². The van der Waals surface area contributed by atoms with Crippen LogP contribution in [0.4, 0.5) is 0 Å². The molecule has 0 bridgehead atoms. The molecule has 1 aromatic carbocycles. The number of hydrogen-bond donors (Lipinski definition) is 1. The minimum absolute atomic E-state index is 0.289. The Kier molecular flexibility index (Phi) is 3.25. The maximum absolute atomic E-state index is 11.0. The molecule has 3 rings (SSSR count). The molecule has 1 N–H and O–H groups in total. The van der Waals surface area contributed by atoms with Crippen LogP contribution in [0.3, 0.4) is 0 Å². The zero-order chi connectivity index (χ0) is 13.3. The van der Waals surface area contributed by atoms with Gasteiger partial charge in [-0.05, 0) is 42.7 Å². The number of hydrogen-bond acceptors (Lipinski definition) is 3. The predicted octanol–water partition coefficient (Wildman–Crippen LogP) is 3.01. The van der Waals surface area contributed by atoms with Gasteiger partial charge in [-0.1, -0.05) is 18.2 Å². The molecule has 1 fully saturated rings. The number of fused-ring (bicyclic) bond motifs is 1. The van der Waals surface area contributed by atoms with Gasteiger partial charge in [0, 0.05) is 24.9 Å².